The molecular weight excluding hydrogens is 353 g/mol. The molecule has 3 aliphatic rings. The molecule has 0 spiro atoms. The summed E-state index contributed by atoms with van der Waals surface area (Å²) in [7, 11) is 1.99. The molecule has 0 bridgehead atoms. The van der Waals surface area contributed by atoms with Crippen LogP contribution in [0.2, 0.25) is 0 Å². The number of rotatable bonds is 6. The normalized spacial score (nSPS) is 39.3. The van der Waals surface area contributed by atoms with Crippen molar-refractivity contribution >= 4 is 0 Å². The number of phenols is 1. The summed E-state index contributed by atoms with van der Waals surface area (Å²) in [6.45, 7) is 3.18. The fourth-order valence-electron chi connectivity index (χ4n) is 6.92. The summed E-state index contributed by atoms with van der Waals surface area (Å²) in [6.07, 6.45) is 6.64. The van der Waals surface area contributed by atoms with Crippen LogP contribution >= 0.6 is 0 Å². The van der Waals surface area contributed by atoms with E-state index in [1.807, 2.05) is 19.2 Å². The SMILES string of the molecule is CNCCCCCC1Cc2cc(O)ccc2[C@@H]2[C@@H]1[C@@H]1CC[C@H](O)[C@@]1(C)C[C@@H]2F. The van der Waals surface area contributed by atoms with Crippen molar-refractivity contribution in [2.24, 2.45) is 23.2 Å². The largest absolute Gasteiger partial charge is 0.508 e. The van der Waals surface area contributed by atoms with E-state index in [1.54, 1.807) is 6.07 Å². The summed E-state index contributed by atoms with van der Waals surface area (Å²) in [4.78, 5) is 0. The molecule has 0 aliphatic heterocycles. The van der Waals surface area contributed by atoms with Crippen molar-refractivity contribution in [3.8, 4) is 5.75 Å². The number of fused-ring (bicyclic) bond motifs is 5. The van der Waals surface area contributed by atoms with Gasteiger partial charge in [0.25, 0.3) is 0 Å². The highest BCUT2D eigenvalue weighted by molar-refractivity contribution is 5.41. The van der Waals surface area contributed by atoms with Crippen LogP contribution in [-0.4, -0.2) is 36.1 Å². The fourth-order valence-corrected chi connectivity index (χ4v) is 6.92. The Kier molecular flexibility index (Phi) is 5.72. The van der Waals surface area contributed by atoms with Crippen LogP contribution in [0, 0.1) is 23.2 Å². The Morgan fingerprint density at radius 2 is 2.04 bits per heavy atom. The van der Waals surface area contributed by atoms with E-state index in [2.05, 4.69) is 12.2 Å². The smallest absolute Gasteiger partial charge is 0.115 e. The second-order valence-electron chi connectivity index (χ2n) is 9.83. The molecule has 1 unspecified atom stereocenters. The minimum absolute atomic E-state index is 0.0740. The third-order valence-corrected chi connectivity index (χ3v) is 8.28. The van der Waals surface area contributed by atoms with Gasteiger partial charge < -0.3 is 15.5 Å². The Balaban J connectivity index is 1.64. The Labute approximate surface area is 168 Å². The molecule has 0 amide bonds. The number of unbranched alkanes of at least 4 members (excludes halogenated alkanes) is 2. The Morgan fingerprint density at radius 3 is 2.82 bits per heavy atom. The van der Waals surface area contributed by atoms with Gasteiger partial charge in [0.1, 0.15) is 11.9 Å². The average molecular weight is 390 g/mol. The molecule has 3 N–H and O–H groups in total. The number of hydrogen-bond acceptors (Lipinski definition) is 3. The van der Waals surface area contributed by atoms with E-state index >= 15 is 4.39 Å². The highest BCUT2D eigenvalue weighted by atomic mass is 19.1. The summed E-state index contributed by atoms with van der Waals surface area (Å²) in [6, 6.07) is 5.55. The molecule has 4 heteroatoms. The number of hydrogen-bond donors (Lipinski definition) is 3. The topological polar surface area (TPSA) is 52.5 Å². The van der Waals surface area contributed by atoms with Gasteiger partial charge in [-0.05, 0) is 98.5 Å². The third kappa shape index (κ3) is 3.37. The predicted octanol–water partition coefficient (Wildman–Crippen LogP) is 4.56. The number of halogens is 1. The van der Waals surface area contributed by atoms with Crippen LogP contribution in [-0.2, 0) is 6.42 Å². The molecule has 156 valence electrons. The van der Waals surface area contributed by atoms with Gasteiger partial charge >= 0.3 is 0 Å². The Hall–Kier alpha value is -1.13. The zero-order valence-corrected chi connectivity index (χ0v) is 17.3. The van der Waals surface area contributed by atoms with E-state index in [0.29, 0.717) is 24.2 Å². The lowest BCUT2D eigenvalue weighted by Gasteiger charge is -2.54. The first-order chi connectivity index (χ1) is 13.5. The minimum atomic E-state index is -0.908. The molecule has 28 heavy (non-hydrogen) atoms. The van der Waals surface area contributed by atoms with Crippen molar-refractivity contribution in [2.75, 3.05) is 13.6 Å². The van der Waals surface area contributed by atoms with E-state index in [9.17, 15) is 10.2 Å². The highest BCUT2D eigenvalue weighted by Gasteiger charge is 2.59. The van der Waals surface area contributed by atoms with E-state index in [4.69, 9.17) is 0 Å². The predicted molar refractivity (Wildman–Crippen MR) is 110 cm³/mol. The zero-order chi connectivity index (χ0) is 19.9. The van der Waals surface area contributed by atoms with Crippen molar-refractivity contribution in [2.45, 2.75) is 76.5 Å². The molecule has 2 saturated carbocycles. The van der Waals surface area contributed by atoms with Gasteiger partial charge in [-0.15, -0.1) is 0 Å². The van der Waals surface area contributed by atoms with Crippen LogP contribution in [0.5, 0.6) is 5.75 Å². The summed E-state index contributed by atoms with van der Waals surface area (Å²) < 4.78 is 15.6. The second kappa shape index (κ2) is 7.95. The van der Waals surface area contributed by atoms with Gasteiger partial charge in [0, 0.05) is 5.92 Å². The lowest BCUT2D eigenvalue weighted by molar-refractivity contribution is -0.0722. The molecule has 4 rings (SSSR count). The number of nitrogens with one attached hydrogen (secondary N) is 1. The van der Waals surface area contributed by atoms with Crippen molar-refractivity contribution < 1.29 is 14.6 Å². The van der Waals surface area contributed by atoms with Gasteiger partial charge in [-0.1, -0.05) is 25.8 Å². The number of aromatic hydroxyl groups is 1. The molecule has 2 fully saturated rings. The average Bonchev–Trinajstić information content (AvgIpc) is 2.95. The summed E-state index contributed by atoms with van der Waals surface area (Å²) in [5, 5.41) is 23.9. The second-order valence-corrected chi connectivity index (χ2v) is 9.83. The zero-order valence-electron chi connectivity index (χ0n) is 17.3. The van der Waals surface area contributed by atoms with Crippen LogP contribution < -0.4 is 5.32 Å². The Bertz CT molecular complexity index is 695. The van der Waals surface area contributed by atoms with E-state index in [-0.39, 0.29) is 23.2 Å². The molecule has 1 aromatic carbocycles. The van der Waals surface area contributed by atoms with E-state index < -0.39 is 6.17 Å². The molecule has 7 atom stereocenters. The number of phenolic OH excluding ortho intramolecular Hbond substituents is 1. The van der Waals surface area contributed by atoms with Crippen LogP contribution in [0.15, 0.2) is 18.2 Å². The summed E-state index contributed by atoms with van der Waals surface area (Å²) >= 11 is 0. The maximum absolute atomic E-state index is 15.6. The lowest BCUT2D eigenvalue weighted by Crippen LogP contribution is -2.51. The molecule has 0 heterocycles. The lowest BCUT2D eigenvalue weighted by atomic mass is 9.51. The first-order valence-electron chi connectivity index (χ1n) is 11.2. The Morgan fingerprint density at radius 1 is 1.21 bits per heavy atom. The van der Waals surface area contributed by atoms with Crippen LogP contribution in [0.25, 0.3) is 0 Å². The first-order valence-corrected chi connectivity index (χ1v) is 11.2. The van der Waals surface area contributed by atoms with E-state index in [1.165, 1.54) is 19.3 Å². The maximum atomic E-state index is 15.6. The molecule has 0 aromatic heterocycles. The van der Waals surface area contributed by atoms with Gasteiger partial charge in [0.2, 0.25) is 0 Å². The number of aliphatic hydroxyl groups excluding tert-OH is 1. The van der Waals surface area contributed by atoms with Crippen molar-refractivity contribution in [1.29, 1.82) is 0 Å². The van der Waals surface area contributed by atoms with Gasteiger partial charge in [0.15, 0.2) is 0 Å². The van der Waals surface area contributed by atoms with Crippen molar-refractivity contribution in [1.82, 2.24) is 5.32 Å². The molecule has 3 aliphatic carbocycles. The van der Waals surface area contributed by atoms with Gasteiger partial charge in [-0.25, -0.2) is 4.39 Å². The van der Waals surface area contributed by atoms with Gasteiger partial charge in [-0.3, -0.25) is 0 Å². The van der Waals surface area contributed by atoms with Crippen LogP contribution in [0.1, 0.15) is 68.9 Å². The molecule has 0 saturated heterocycles. The van der Waals surface area contributed by atoms with Crippen molar-refractivity contribution in [3.05, 3.63) is 29.3 Å². The third-order valence-electron chi connectivity index (χ3n) is 8.28. The first kappa shape index (κ1) is 20.2. The van der Waals surface area contributed by atoms with Crippen molar-refractivity contribution in [3.63, 3.8) is 0 Å². The number of benzene rings is 1. The molecule has 1 aromatic rings. The minimum Gasteiger partial charge on any atom is -0.508 e. The summed E-state index contributed by atoms with van der Waals surface area (Å²) in [5.74, 6) is 1.38. The summed E-state index contributed by atoms with van der Waals surface area (Å²) in [5.41, 5.74) is 1.98. The molecular formula is C24H36FNO2. The number of alkyl halides is 1. The standard InChI is InChI=1S/C24H36FNO2/c1-24-14-20(25)23-18-8-7-17(27)13-16(18)12-15(6-4-3-5-11-26-2)22(23)19(24)9-10-21(24)28/h7-8,13,15,19-23,26-28H,3-6,9-12,14H2,1-2H3/t15?,19-,20-,21-,22-,23-,24-/m0/s1. The molecule has 3 nitrogen and oxygen atoms in total. The quantitative estimate of drug-likeness (QED) is 0.625. The van der Waals surface area contributed by atoms with Crippen LogP contribution in [0.4, 0.5) is 4.39 Å². The monoisotopic (exact) mass is 389 g/mol. The number of aliphatic hydroxyl groups is 1. The maximum Gasteiger partial charge on any atom is 0.115 e. The molecule has 0 radical (unpaired) electrons. The van der Waals surface area contributed by atoms with Gasteiger partial charge in [-0.2, -0.15) is 0 Å². The van der Waals surface area contributed by atoms with Gasteiger partial charge in [0.05, 0.1) is 6.10 Å². The van der Waals surface area contributed by atoms with Crippen LogP contribution in [0.3, 0.4) is 0 Å². The highest BCUT2D eigenvalue weighted by Crippen LogP contribution is 2.63. The van der Waals surface area contributed by atoms with E-state index in [0.717, 1.165) is 43.4 Å². The fraction of sp³-hybridized carbons (Fsp3) is 0.750.